The van der Waals surface area contributed by atoms with E-state index >= 15 is 0 Å². The highest BCUT2D eigenvalue weighted by Crippen LogP contribution is 2.38. The molecule has 0 heterocycles. The van der Waals surface area contributed by atoms with Gasteiger partial charge in [-0.2, -0.15) is 0 Å². The van der Waals surface area contributed by atoms with Gasteiger partial charge in [0.05, 0.1) is 23.7 Å². The van der Waals surface area contributed by atoms with Crippen LogP contribution in [0.15, 0.2) is 42.5 Å². The summed E-state index contributed by atoms with van der Waals surface area (Å²) >= 11 is 0. The molecule has 0 saturated heterocycles. The van der Waals surface area contributed by atoms with Crippen molar-refractivity contribution in [3.63, 3.8) is 0 Å². The molecule has 110 valence electrons. The first-order valence-corrected chi connectivity index (χ1v) is 6.30. The molecule has 0 spiro atoms. The molecule has 0 aliphatic carbocycles. The lowest BCUT2D eigenvalue weighted by Gasteiger charge is -2.16. The number of nitro groups is 1. The van der Waals surface area contributed by atoms with Crippen molar-refractivity contribution in [1.82, 2.24) is 0 Å². The zero-order chi connectivity index (χ0) is 15.4. The van der Waals surface area contributed by atoms with E-state index < -0.39 is 11.0 Å². The van der Waals surface area contributed by atoms with Crippen molar-refractivity contribution in [2.75, 3.05) is 7.11 Å². The number of nitro benzene ring substituents is 1. The molecule has 6 heteroatoms. The van der Waals surface area contributed by atoms with Gasteiger partial charge in [0.2, 0.25) is 5.75 Å². The van der Waals surface area contributed by atoms with E-state index in [1.54, 1.807) is 37.3 Å². The van der Waals surface area contributed by atoms with Crippen molar-refractivity contribution in [1.29, 1.82) is 0 Å². The third kappa shape index (κ3) is 3.11. The van der Waals surface area contributed by atoms with Crippen LogP contribution in [0.1, 0.15) is 18.6 Å². The minimum absolute atomic E-state index is 0.109. The van der Waals surface area contributed by atoms with Crippen molar-refractivity contribution in [2.45, 2.75) is 13.0 Å². The lowest BCUT2D eigenvalue weighted by atomic mass is 10.1. The minimum atomic E-state index is -0.834. The highest BCUT2D eigenvalue weighted by atomic mass is 16.6. The van der Waals surface area contributed by atoms with Gasteiger partial charge in [0.1, 0.15) is 11.5 Å². The first-order valence-electron chi connectivity index (χ1n) is 6.30. The van der Waals surface area contributed by atoms with E-state index in [9.17, 15) is 15.2 Å². The van der Waals surface area contributed by atoms with Crippen LogP contribution in [-0.4, -0.2) is 17.1 Å². The Bertz CT molecular complexity index is 654. The van der Waals surface area contributed by atoms with Gasteiger partial charge in [-0.05, 0) is 25.1 Å². The third-order valence-corrected chi connectivity index (χ3v) is 2.95. The average molecular weight is 289 g/mol. The van der Waals surface area contributed by atoms with E-state index in [2.05, 4.69) is 0 Å². The zero-order valence-electron chi connectivity index (χ0n) is 11.6. The number of nitrogens with zero attached hydrogens (tertiary/aromatic N) is 1. The summed E-state index contributed by atoms with van der Waals surface area (Å²) in [5, 5.41) is 20.9. The van der Waals surface area contributed by atoms with Gasteiger partial charge in [-0.25, -0.2) is 0 Å². The van der Waals surface area contributed by atoms with Crippen molar-refractivity contribution in [3.05, 3.63) is 58.1 Å². The van der Waals surface area contributed by atoms with Gasteiger partial charge in [-0.1, -0.05) is 18.2 Å². The third-order valence-electron chi connectivity index (χ3n) is 2.95. The lowest BCUT2D eigenvalue weighted by molar-refractivity contribution is -0.385. The molecule has 0 aliphatic heterocycles. The quantitative estimate of drug-likeness (QED) is 0.673. The normalized spacial score (nSPS) is 11.8. The monoisotopic (exact) mass is 289 g/mol. The highest BCUT2D eigenvalue weighted by Gasteiger charge is 2.19. The number of aliphatic hydroxyl groups is 1. The summed E-state index contributed by atoms with van der Waals surface area (Å²) in [6.45, 7) is 1.57. The minimum Gasteiger partial charge on any atom is -0.496 e. The molecule has 2 aromatic rings. The molecule has 2 rings (SSSR count). The fourth-order valence-electron chi connectivity index (χ4n) is 2.02. The van der Waals surface area contributed by atoms with E-state index in [0.29, 0.717) is 17.1 Å². The number of hydrogen-bond acceptors (Lipinski definition) is 5. The lowest BCUT2D eigenvalue weighted by Crippen LogP contribution is -2.01. The maximum Gasteiger partial charge on any atom is 0.311 e. The van der Waals surface area contributed by atoms with Crippen LogP contribution < -0.4 is 9.47 Å². The molecule has 0 amide bonds. The molecule has 0 saturated carbocycles. The second-order valence-electron chi connectivity index (χ2n) is 4.37. The van der Waals surface area contributed by atoms with Crippen LogP contribution in [0.4, 0.5) is 5.69 Å². The predicted octanol–water partition coefficient (Wildman–Crippen LogP) is 3.45. The van der Waals surface area contributed by atoms with Crippen molar-refractivity contribution in [3.8, 4) is 17.2 Å². The summed E-state index contributed by atoms with van der Waals surface area (Å²) in [7, 11) is 1.48. The SMILES string of the molecule is COc1cccc(Oc2ccccc2[N+](=O)[O-])c1[C@H](C)O. The van der Waals surface area contributed by atoms with Gasteiger partial charge in [-0.3, -0.25) is 10.1 Å². The molecule has 2 aromatic carbocycles. The van der Waals surface area contributed by atoms with Gasteiger partial charge in [0.15, 0.2) is 0 Å². The summed E-state index contributed by atoms with van der Waals surface area (Å²) in [6, 6.07) is 11.1. The molecular formula is C15H15NO5. The molecule has 0 aromatic heterocycles. The molecule has 0 radical (unpaired) electrons. The molecule has 6 nitrogen and oxygen atoms in total. The fourth-order valence-corrected chi connectivity index (χ4v) is 2.02. The second-order valence-corrected chi connectivity index (χ2v) is 4.37. The Kier molecular flexibility index (Phi) is 4.39. The van der Waals surface area contributed by atoms with Gasteiger partial charge >= 0.3 is 5.69 Å². The van der Waals surface area contributed by atoms with Crippen LogP contribution in [-0.2, 0) is 0 Å². The summed E-state index contributed by atoms with van der Waals surface area (Å²) in [5.41, 5.74) is 0.301. The number of ether oxygens (including phenoxy) is 2. The highest BCUT2D eigenvalue weighted by molar-refractivity contribution is 5.52. The topological polar surface area (TPSA) is 81.8 Å². The molecular weight excluding hydrogens is 274 g/mol. The van der Waals surface area contributed by atoms with Crippen molar-refractivity contribution in [2.24, 2.45) is 0 Å². The molecule has 0 bridgehead atoms. The van der Waals surface area contributed by atoms with Crippen LogP contribution in [0.5, 0.6) is 17.2 Å². The van der Waals surface area contributed by atoms with Gasteiger partial charge in [0, 0.05) is 6.07 Å². The largest absolute Gasteiger partial charge is 0.496 e. The van der Waals surface area contributed by atoms with Crippen LogP contribution in [0.3, 0.4) is 0 Å². The molecule has 0 aliphatic rings. The predicted molar refractivity (Wildman–Crippen MR) is 76.8 cm³/mol. The second kappa shape index (κ2) is 6.23. The van der Waals surface area contributed by atoms with E-state index in [1.165, 1.54) is 19.2 Å². The van der Waals surface area contributed by atoms with E-state index in [4.69, 9.17) is 9.47 Å². The van der Waals surface area contributed by atoms with Gasteiger partial charge in [0.25, 0.3) is 0 Å². The van der Waals surface area contributed by atoms with Crippen LogP contribution >= 0.6 is 0 Å². The fraction of sp³-hybridized carbons (Fsp3) is 0.200. The first-order chi connectivity index (χ1) is 10.0. The summed E-state index contributed by atoms with van der Waals surface area (Å²) in [5.74, 6) is 0.886. The Balaban J connectivity index is 2.48. The molecule has 1 atom stereocenters. The first kappa shape index (κ1) is 14.8. The maximum absolute atomic E-state index is 11.0. The Morgan fingerprint density at radius 3 is 2.33 bits per heavy atom. The average Bonchev–Trinajstić information content (AvgIpc) is 2.47. The molecule has 0 unspecified atom stereocenters. The summed E-state index contributed by atoms with van der Waals surface area (Å²) < 4.78 is 10.8. The smallest absolute Gasteiger partial charge is 0.311 e. The number of benzene rings is 2. The summed E-state index contributed by atoms with van der Waals surface area (Å²) in [4.78, 5) is 10.5. The van der Waals surface area contributed by atoms with E-state index in [-0.39, 0.29) is 11.4 Å². The number of rotatable bonds is 5. The number of hydrogen-bond donors (Lipinski definition) is 1. The van der Waals surface area contributed by atoms with Gasteiger partial charge < -0.3 is 14.6 Å². The number of aliphatic hydroxyl groups excluding tert-OH is 1. The number of methoxy groups -OCH3 is 1. The van der Waals surface area contributed by atoms with Crippen LogP contribution in [0.2, 0.25) is 0 Å². The standard InChI is InChI=1S/C15H15NO5/c1-10(17)15-13(20-2)8-5-9-14(15)21-12-7-4-3-6-11(12)16(18)19/h3-10,17H,1-2H3/t10-/m0/s1. The Morgan fingerprint density at radius 2 is 1.71 bits per heavy atom. The van der Waals surface area contributed by atoms with Crippen LogP contribution in [0.25, 0.3) is 0 Å². The molecule has 0 fully saturated rings. The molecule has 1 N–H and O–H groups in total. The number of para-hydroxylation sites is 2. The van der Waals surface area contributed by atoms with Gasteiger partial charge in [-0.15, -0.1) is 0 Å². The summed E-state index contributed by atoms with van der Waals surface area (Å²) in [6.07, 6.45) is -0.834. The Labute approximate surface area is 121 Å². The Morgan fingerprint density at radius 1 is 1.10 bits per heavy atom. The maximum atomic E-state index is 11.0. The zero-order valence-corrected chi connectivity index (χ0v) is 11.6. The van der Waals surface area contributed by atoms with E-state index in [1.807, 2.05) is 0 Å². The van der Waals surface area contributed by atoms with Crippen molar-refractivity contribution >= 4 is 5.69 Å². The van der Waals surface area contributed by atoms with Crippen LogP contribution in [0, 0.1) is 10.1 Å². The van der Waals surface area contributed by atoms with E-state index in [0.717, 1.165) is 0 Å². The van der Waals surface area contributed by atoms with Crippen molar-refractivity contribution < 1.29 is 19.5 Å². The Hall–Kier alpha value is -2.60. The molecule has 21 heavy (non-hydrogen) atoms.